The van der Waals surface area contributed by atoms with Crippen molar-refractivity contribution in [2.45, 2.75) is 13.0 Å². The standard InChI is InChI=1S/C16H15F2NO4/c1-22-14-7-19-13(15(17)18)6-12(14)11-5-9(8-20)3-4-10(11)16(21)23-2/h3-7,15,20H,8H2,1-2H3. The van der Waals surface area contributed by atoms with Crippen LogP contribution in [0.2, 0.25) is 0 Å². The van der Waals surface area contributed by atoms with E-state index < -0.39 is 18.1 Å². The number of aliphatic hydroxyl groups is 1. The lowest BCUT2D eigenvalue weighted by Gasteiger charge is -2.14. The van der Waals surface area contributed by atoms with Crippen LogP contribution in [0.25, 0.3) is 11.1 Å². The van der Waals surface area contributed by atoms with Crippen LogP contribution < -0.4 is 4.74 Å². The molecule has 1 heterocycles. The third-order valence-corrected chi connectivity index (χ3v) is 3.29. The van der Waals surface area contributed by atoms with Gasteiger partial charge in [-0.25, -0.2) is 13.6 Å². The Hall–Kier alpha value is -2.54. The summed E-state index contributed by atoms with van der Waals surface area (Å²) in [4.78, 5) is 15.6. The van der Waals surface area contributed by atoms with Gasteiger partial charge in [0.1, 0.15) is 11.4 Å². The Balaban J connectivity index is 2.72. The van der Waals surface area contributed by atoms with Gasteiger partial charge in [0.05, 0.1) is 32.6 Å². The quantitative estimate of drug-likeness (QED) is 0.857. The number of aromatic nitrogens is 1. The number of carbonyl (C=O) groups excluding carboxylic acids is 1. The van der Waals surface area contributed by atoms with Crippen LogP contribution >= 0.6 is 0 Å². The number of aliphatic hydroxyl groups excluding tert-OH is 1. The first kappa shape index (κ1) is 16.8. The van der Waals surface area contributed by atoms with Gasteiger partial charge >= 0.3 is 5.97 Å². The third-order valence-electron chi connectivity index (χ3n) is 3.29. The summed E-state index contributed by atoms with van der Waals surface area (Å²) in [5.74, 6) is -0.392. The fourth-order valence-corrected chi connectivity index (χ4v) is 2.15. The molecule has 122 valence electrons. The van der Waals surface area contributed by atoms with E-state index in [-0.39, 0.29) is 23.5 Å². The molecule has 0 atom stereocenters. The number of carbonyl (C=O) groups is 1. The number of rotatable bonds is 5. The molecule has 7 heteroatoms. The number of benzene rings is 1. The van der Waals surface area contributed by atoms with Crippen LogP contribution in [-0.2, 0) is 11.3 Å². The Kier molecular flexibility index (Phi) is 5.23. The van der Waals surface area contributed by atoms with Crippen LogP contribution in [0.5, 0.6) is 5.75 Å². The summed E-state index contributed by atoms with van der Waals surface area (Å²) in [5, 5.41) is 9.29. The van der Waals surface area contributed by atoms with Gasteiger partial charge in [-0.1, -0.05) is 6.07 Å². The van der Waals surface area contributed by atoms with Crippen LogP contribution in [0.1, 0.15) is 28.0 Å². The zero-order chi connectivity index (χ0) is 17.0. The topological polar surface area (TPSA) is 68.7 Å². The summed E-state index contributed by atoms with van der Waals surface area (Å²) in [7, 11) is 2.59. The van der Waals surface area contributed by atoms with E-state index in [4.69, 9.17) is 9.47 Å². The van der Waals surface area contributed by atoms with Gasteiger partial charge in [-0.15, -0.1) is 0 Å². The molecule has 0 spiro atoms. The normalized spacial score (nSPS) is 10.7. The number of ether oxygens (including phenoxy) is 2. The minimum atomic E-state index is -2.76. The van der Waals surface area contributed by atoms with Crippen molar-refractivity contribution in [2.24, 2.45) is 0 Å². The molecule has 0 radical (unpaired) electrons. The van der Waals surface area contributed by atoms with Crippen molar-refractivity contribution in [1.29, 1.82) is 0 Å². The van der Waals surface area contributed by atoms with E-state index in [2.05, 4.69) is 4.98 Å². The third kappa shape index (κ3) is 3.45. The van der Waals surface area contributed by atoms with E-state index in [1.807, 2.05) is 0 Å². The fraction of sp³-hybridized carbons (Fsp3) is 0.250. The smallest absolute Gasteiger partial charge is 0.338 e. The number of esters is 1. The summed E-state index contributed by atoms with van der Waals surface area (Å²) in [6, 6.07) is 5.71. The predicted octanol–water partition coefficient (Wildman–Crippen LogP) is 2.97. The molecule has 0 fully saturated rings. The van der Waals surface area contributed by atoms with Crippen molar-refractivity contribution in [3.05, 3.63) is 47.3 Å². The first-order chi connectivity index (χ1) is 11.0. The average molecular weight is 323 g/mol. The van der Waals surface area contributed by atoms with E-state index in [9.17, 15) is 18.7 Å². The van der Waals surface area contributed by atoms with E-state index in [1.54, 1.807) is 6.07 Å². The second-order valence-corrected chi connectivity index (χ2v) is 4.64. The van der Waals surface area contributed by atoms with Gasteiger partial charge in [-0.2, -0.15) is 0 Å². The van der Waals surface area contributed by atoms with Crippen LogP contribution in [0, 0.1) is 0 Å². The summed E-state index contributed by atoms with van der Waals surface area (Å²) < 4.78 is 35.7. The van der Waals surface area contributed by atoms with Gasteiger partial charge < -0.3 is 14.6 Å². The van der Waals surface area contributed by atoms with Crippen molar-refractivity contribution in [2.75, 3.05) is 14.2 Å². The number of hydrogen-bond donors (Lipinski definition) is 1. The molecule has 0 aliphatic heterocycles. The summed E-state index contributed by atoms with van der Waals surface area (Å²) in [6.45, 7) is -0.260. The first-order valence-corrected chi connectivity index (χ1v) is 6.66. The Bertz CT molecular complexity index is 719. The number of methoxy groups -OCH3 is 2. The average Bonchev–Trinajstić information content (AvgIpc) is 2.59. The van der Waals surface area contributed by atoms with Crippen molar-refractivity contribution in [3.63, 3.8) is 0 Å². The lowest BCUT2D eigenvalue weighted by atomic mass is 9.96. The highest BCUT2D eigenvalue weighted by Gasteiger charge is 2.20. The van der Waals surface area contributed by atoms with Crippen LogP contribution in [0.15, 0.2) is 30.5 Å². The second-order valence-electron chi connectivity index (χ2n) is 4.64. The molecule has 0 aliphatic carbocycles. The minimum absolute atomic E-state index is 0.175. The molecule has 1 N–H and O–H groups in total. The predicted molar refractivity (Wildman–Crippen MR) is 78.4 cm³/mol. The lowest BCUT2D eigenvalue weighted by Crippen LogP contribution is -2.05. The van der Waals surface area contributed by atoms with Crippen molar-refractivity contribution in [1.82, 2.24) is 4.98 Å². The molecule has 0 aliphatic rings. The molecule has 0 unspecified atom stereocenters. The molecule has 0 saturated carbocycles. The number of alkyl halides is 2. The van der Waals surface area contributed by atoms with E-state index >= 15 is 0 Å². The molecular weight excluding hydrogens is 308 g/mol. The first-order valence-electron chi connectivity index (χ1n) is 6.66. The molecule has 1 aromatic heterocycles. The van der Waals surface area contributed by atoms with Gasteiger partial charge in [0.15, 0.2) is 0 Å². The van der Waals surface area contributed by atoms with Gasteiger partial charge in [0.2, 0.25) is 0 Å². The number of pyridine rings is 1. The molecular formula is C16H15F2NO4. The summed E-state index contributed by atoms with van der Waals surface area (Å²) >= 11 is 0. The van der Waals surface area contributed by atoms with Crippen LogP contribution in [0.4, 0.5) is 8.78 Å². The molecule has 5 nitrogen and oxygen atoms in total. The van der Waals surface area contributed by atoms with Crippen LogP contribution in [0.3, 0.4) is 0 Å². The summed E-state index contributed by atoms with van der Waals surface area (Å²) in [5.41, 5.74) is 0.851. The SMILES string of the molecule is COC(=O)c1ccc(CO)cc1-c1cc(C(F)F)ncc1OC. The molecule has 0 amide bonds. The summed E-state index contributed by atoms with van der Waals surface area (Å²) in [6.07, 6.45) is -1.59. The van der Waals surface area contributed by atoms with Crippen molar-refractivity contribution >= 4 is 5.97 Å². The minimum Gasteiger partial charge on any atom is -0.494 e. The van der Waals surface area contributed by atoms with Gasteiger partial charge in [-0.3, -0.25) is 4.98 Å². The molecule has 1 aromatic carbocycles. The van der Waals surface area contributed by atoms with E-state index in [1.165, 1.54) is 32.5 Å². The van der Waals surface area contributed by atoms with Gasteiger partial charge in [-0.05, 0) is 23.8 Å². The highest BCUT2D eigenvalue weighted by molar-refractivity contribution is 5.98. The second kappa shape index (κ2) is 7.15. The Morgan fingerprint density at radius 3 is 2.57 bits per heavy atom. The maximum Gasteiger partial charge on any atom is 0.338 e. The number of nitrogens with zero attached hydrogens (tertiary/aromatic N) is 1. The molecule has 0 bridgehead atoms. The fourth-order valence-electron chi connectivity index (χ4n) is 2.15. The Labute approximate surface area is 131 Å². The van der Waals surface area contributed by atoms with Gasteiger partial charge in [0, 0.05) is 11.1 Å². The van der Waals surface area contributed by atoms with Crippen LogP contribution in [-0.4, -0.2) is 30.3 Å². The molecule has 2 aromatic rings. The number of hydrogen-bond acceptors (Lipinski definition) is 5. The highest BCUT2D eigenvalue weighted by atomic mass is 19.3. The van der Waals surface area contributed by atoms with Gasteiger partial charge in [0.25, 0.3) is 6.43 Å². The van der Waals surface area contributed by atoms with Crippen molar-refractivity contribution in [3.8, 4) is 16.9 Å². The maximum atomic E-state index is 12.9. The Morgan fingerprint density at radius 1 is 1.26 bits per heavy atom. The van der Waals surface area contributed by atoms with E-state index in [0.29, 0.717) is 11.1 Å². The molecule has 2 rings (SSSR count). The van der Waals surface area contributed by atoms with E-state index in [0.717, 1.165) is 6.07 Å². The monoisotopic (exact) mass is 323 g/mol. The Morgan fingerprint density at radius 2 is 2.00 bits per heavy atom. The molecule has 0 saturated heterocycles. The number of halogens is 2. The van der Waals surface area contributed by atoms with Crippen molar-refractivity contribution < 1.29 is 28.2 Å². The zero-order valence-electron chi connectivity index (χ0n) is 12.5. The lowest BCUT2D eigenvalue weighted by molar-refractivity contribution is 0.0601. The zero-order valence-corrected chi connectivity index (χ0v) is 12.5. The molecule has 23 heavy (non-hydrogen) atoms. The largest absolute Gasteiger partial charge is 0.494 e. The maximum absolute atomic E-state index is 12.9. The highest BCUT2D eigenvalue weighted by Crippen LogP contribution is 2.35.